The summed E-state index contributed by atoms with van der Waals surface area (Å²) >= 11 is 0. The average Bonchev–Trinajstić information content (AvgIpc) is 3.24. The predicted octanol–water partition coefficient (Wildman–Crippen LogP) is 4.83. The minimum atomic E-state index is 0.0431. The molecule has 114 valence electrons. The van der Waals surface area contributed by atoms with E-state index in [0.717, 1.165) is 18.9 Å². The second kappa shape index (κ2) is 8.97. The highest BCUT2D eigenvalue weighted by Crippen LogP contribution is 2.45. The van der Waals surface area contributed by atoms with Gasteiger partial charge in [-0.15, -0.1) is 0 Å². The summed E-state index contributed by atoms with van der Waals surface area (Å²) in [7, 11) is 2.28. The molecular weight excluding hydrogens is 234 g/mol. The standard InChI is InChI=1S/C17H35NO/c1-5-8-10-14-18(4)17(7-3,16-12-13-16)19-15-11-9-6-2/h16H,5-15H2,1-4H3. The lowest BCUT2D eigenvalue weighted by Gasteiger charge is -2.42. The maximum atomic E-state index is 6.42. The van der Waals surface area contributed by atoms with Gasteiger partial charge < -0.3 is 4.74 Å². The Morgan fingerprint density at radius 2 is 1.63 bits per heavy atom. The minimum Gasteiger partial charge on any atom is -0.360 e. The van der Waals surface area contributed by atoms with Gasteiger partial charge in [0, 0.05) is 19.1 Å². The molecule has 2 nitrogen and oxygen atoms in total. The quantitative estimate of drug-likeness (QED) is 0.371. The smallest absolute Gasteiger partial charge is 0.124 e. The first-order chi connectivity index (χ1) is 9.21. The van der Waals surface area contributed by atoms with Crippen LogP contribution in [0.5, 0.6) is 0 Å². The maximum absolute atomic E-state index is 6.42. The van der Waals surface area contributed by atoms with Crippen molar-refractivity contribution in [3.05, 3.63) is 0 Å². The number of ether oxygens (including phenoxy) is 1. The number of rotatable bonds is 12. The van der Waals surface area contributed by atoms with Crippen LogP contribution < -0.4 is 0 Å². The molecule has 0 aromatic rings. The summed E-state index contributed by atoms with van der Waals surface area (Å²) < 4.78 is 6.42. The molecule has 1 rings (SSSR count). The predicted molar refractivity (Wildman–Crippen MR) is 83.4 cm³/mol. The first kappa shape index (κ1) is 17.0. The summed E-state index contributed by atoms with van der Waals surface area (Å²) in [4.78, 5) is 2.52. The average molecular weight is 269 g/mol. The Hall–Kier alpha value is -0.0800. The zero-order valence-electron chi connectivity index (χ0n) is 13.7. The Labute approximate surface area is 120 Å². The fraction of sp³-hybridized carbons (Fsp3) is 1.00. The summed E-state index contributed by atoms with van der Waals surface area (Å²) in [5.74, 6) is 0.783. The Bertz CT molecular complexity index is 227. The lowest BCUT2D eigenvalue weighted by Crippen LogP contribution is -2.51. The van der Waals surface area contributed by atoms with Gasteiger partial charge in [0.2, 0.25) is 0 Å². The first-order valence-electron chi connectivity index (χ1n) is 8.56. The summed E-state index contributed by atoms with van der Waals surface area (Å²) in [6, 6.07) is 0. The van der Waals surface area contributed by atoms with Crippen molar-refractivity contribution in [1.29, 1.82) is 0 Å². The van der Waals surface area contributed by atoms with Gasteiger partial charge in [0.05, 0.1) is 0 Å². The molecule has 0 bridgehead atoms. The highest BCUT2D eigenvalue weighted by Gasteiger charge is 2.47. The van der Waals surface area contributed by atoms with Gasteiger partial charge in [-0.2, -0.15) is 0 Å². The van der Waals surface area contributed by atoms with Crippen molar-refractivity contribution in [2.24, 2.45) is 5.92 Å². The van der Waals surface area contributed by atoms with Crippen LogP contribution in [0.4, 0.5) is 0 Å². The van der Waals surface area contributed by atoms with Crippen molar-refractivity contribution in [2.75, 3.05) is 20.2 Å². The van der Waals surface area contributed by atoms with E-state index >= 15 is 0 Å². The molecule has 0 aromatic carbocycles. The van der Waals surface area contributed by atoms with Crippen LogP contribution in [0.15, 0.2) is 0 Å². The molecule has 1 unspecified atom stereocenters. The number of unbranched alkanes of at least 4 members (excludes halogenated alkanes) is 4. The Morgan fingerprint density at radius 1 is 1.00 bits per heavy atom. The third-order valence-corrected chi connectivity index (χ3v) is 4.56. The lowest BCUT2D eigenvalue weighted by molar-refractivity contribution is -0.166. The Morgan fingerprint density at radius 3 is 2.16 bits per heavy atom. The molecule has 0 heterocycles. The molecule has 0 aliphatic heterocycles. The molecule has 19 heavy (non-hydrogen) atoms. The summed E-state index contributed by atoms with van der Waals surface area (Å²) in [6.45, 7) is 8.96. The van der Waals surface area contributed by atoms with Gasteiger partial charge in [0.1, 0.15) is 5.72 Å². The van der Waals surface area contributed by atoms with Crippen LogP contribution in [0.2, 0.25) is 0 Å². The van der Waals surface area contributed by atoms with Crippen LogP contribution >= 0.6 is 0 Å². The van der Waals surface area contributed by atoms with Gasteiger partial charge in [-0.05, 0) is 39.2 Å². The SMILES string of the molecule is CCCCCOC(CC)(C1CC1)N(C)CCCCC. The fourth-order valence-electron chi connectivity index (χ4n) is 3.12. The van der Waals surface area contributed by atoms with Gasteiger partial charge in [0.15, 0.2) is 0 Å². The minimum absolute atomic E-state index is 0.0431. The van der Waals surface area contributed by atoms with E-state index in [-0.39, 0.29) is 5.72 Å². The molecule has 0 radical (unpaired) electrons. The summed E-state index contributed by atoms with van der Waals surface area (Å²) in [6.07, 6.45) is 11.6. The molecular formula is C17H35NO. The topological polar surface area (TPSA) is 12.5 Å². The molecule has 1 aliphatic carbocycles. The number of hydrogen-bond donors (Lipinski definition) is 0. The maximum Gasteiger partial charge on any atom is 0.124 e. The van der Waals surface area contributed by atoms with Crippen LogP contribution in [-0.4, -0.2) is 30.8 Å². The van der Waals surface area contributed by atoms with Crippen molar-refractivity contribution in [3.63, 3.8) is 0 Å². The second-order valence-corrected chi connectivity index (χ2v) is 6.16. The fourth-order valence-corrected chi connectivity index (χ4v) is 3.12. The highest BCUT2D eigenvalue weighted by atomic mass is 16.5. The largest absolute Gasteiger partial charge is 0.360 e. The number of nitrogens with zero attached hydrogens (tertiary/aromatic N) is 1. The van der Waals surface area contributed by atoms with Crippen LogP contribution in [0.25, 0.3) is 0 Å². The zero-order chi connectivity index (χ0) is 14.1. The van der Waals surface area contributed by atoms with Gasteiger partial charge in [-0.25, -0.2) is 0 Å². The molecule has 2 heteroatoms. The van der Waals surface area contributed by atoms with Crippen LogP contribution in [0, 0.1) is 5.92 Å². The van der Waals surface area contributed by atoms with Crippen molar-refractivity contribution < 1.29 is 4.74 Å². The Kier molecular flexibility index (Phi) is 8.01. The van der Waals surface area contributed by atoms with E-state index in [2.05, 4.69) is 32.7 Å². The van der Waals surface area contributed by atoms with E-state index in [4.69, 9.17) is 4.74 Å². The molecule has 0 amide bonds. The van der Waals surface area contributed by atoms with E-state index in [1.807, 2.05) is 0 Å². The molecule has 0 N–H and O–H groups in total. The van der Waals surface area contributed by atoms with Gasteiger partial charge >= 0.3 is 0 Å². The van der Waals surface area contributed by atoms with E-state index in [1.165, 1.54) is 57.9 Å². The third-order valence-electron chi connectivity index (χ3n) is 4.56. The summed E-state index contributed by atoms with van der Waals surface area (Å²) in [5.41, 5.74) is 0.0431. The first-order valence-corrected chi connectivity index (χ1v) is 8.56. The molecule has 1 aliphatic rings. The van der Waals surface area contributed by atoms with E-state index in [1.54, 1.807) is 0 Å². The molecule has 0 aromatic heterocycles. The normalized spacial score (nSPS) is 18.8. The van der Waals surface area contributed by atoms with Gasteiger partial charge in [0.25, 0.3) is 0 Å². The second-order valence-electron chi connectivity index (χ2n) is 6.16. The van der Waals surface area contributed by atoms with Crippen molar-refractivity contribution in [3.8, 4) is 0 Å². The number of hydrogen-bond acceptors (Lipinski definition) is 2. The third kappa shape index (κ3) is 5.07. The Balaban J connectivity index is 2.48. The van der Waals surface area contributed by atoms with Gasteiger partial charge in [-0.3, -0.25) is 4.90 Å². The van der Waals surface area contributed by atoms with Crippen LogP contribution in [0.3, 0.4) is 0 Å². The molecule has 0 saturated heterocycles. The molecule has 1 atom stereocenters. The molecule has 1 fully saturated rings. The van der Waals surface area contributed by atoms with E-state index in [9.17, 15) is 0 Å². The summed E-state index contributed by atoms with van der Waals surface area (Å²) in [5, 5.41) is 0. The monoisotopic (exact) mass is 269 g/mol. The van der Waals surface area contributed by atoms with Crippen molar-refractivity contribution >= 4 is 0 Å². The molecule has 1 saturated carbocycles. The van der Waals surface area contributed by atoms with Crippen molar-refractivity contribution in [1.82, 2.24) is 4.90 Å². The zero-order valence-corrected chi connectivity index (χ0v) is 13.7. The van der Waals surface area contributed by atoms with Crippen LogP contribution in [0.1, 0.15) is 78.6 Å². The molecule has 0 spiro atoms. The van der Waals surface area contributed by atoms with Crippen LogP contribution in [-0.2, 0) is 4.74 Å². The van der Waals surface area contributed by atoms with Crippen molar-refractivity contribution in [2.45, 2.75) is 84.3 Å². The van der Waals surface area contributed by atoms with Gasteiger partial charge in [-0.1, -0.05) is 46.5 Å². The van der Waals surface area contributed by atoms with E-state index < -0.39 is 0 Å². The lowest BCUT2D eigenvalue weighted by atomic mass is 10.0. The highest BCUT2D eigenvalue weighted by molar-refractivity contribution is 4.94. The van der Waals surface area contributed by atoms with E-state index in [0.29, 0.717) is 0 Å².